The van der Waals surface area contributed by atoms with Crippen molar-refractivity contribution in [2.75, 3.05) is 11.5 Å². The van der Waals surface area contributed by atoms with E-state index in [4.69, 9.17) is 4.74 Å². The number of ether oxygens (including phenoxy) is 1. The van der Waals surface area contributed by atoms with Gasteiger partial charge < -0.3 is 9.64 Å². The SMILES string of the molecule is C=C/C=C(\C=C)COc1cccc2c1CCC[C@@H]2C(=O)N(Cc1cnn(CC)c1)c1ccc(C(C)C)nc1. The van der Waals surface area contributed by atoms with Crippen LogP contribution in [-0.2, 0) is 24.3 Å². The summed E-state index contributed by atoms with van der Waals surface area (Å²) < 4.78 is 8.08. The highest BCUT2D eigenvalue weighted by atomic mass is 16.5. The van der Waals surface area contributed by atoms with Crippen molar-refractivity contribution in [2.45, 2.75) is 65.0 Å². The maximum absolute atomic E-state index is 14.3. The molecule has 1 aliphatic carbocycles. The normalized spacial score (nSPS) is 15.2. The summed E-state index contributed by atoms with van der Waals surface area (Å²) in [4.78, 5) is 20.8. The van der Waals surface area contributed by atoms with Crippen molar-refractivity contribution >= 4 is 11.6 Å². The summed E-state index contributed by atoms with van der Waals surface area (Å²) >= 11 is 0. The van der Waals surface area contributed by atoms with Crippen LogP contribution in [0.4, 0.5) is 5.69 Å². The fourth-order valence-electron chi connectivity index (χ4n) is 4.92. The van der Waals surface area contributed by atoms with Gasteiger partial charge >= 0.3 is 0 Å². The Kier molecular flexibility index (Phi) is 8.95. The van der Waals surface area contributed by atoms with E-state index >= 15 is 0 Å². The van der Waals surface area contributed by atoms with Gasteiger partial charge in [-0.1, -0.05) is 57.4 Å². The smallest absolute Gasteiger partial charge is 0.234 e. The fraction of sp³-hybridized carbons (Fsp3) is 0.344. The minimum Gasteiger partial charge on any atom is -0.489 e. The number of hydrogen-bond donors (Lipinski definition) is 0. The van der Waals surface area contributed by atoms with E-state index in [2.05, 4.69) is 50.1 Å². The zero-order valence-corrected chi connectivity index (χ0v) is 22.8. The molecule has 3 aromatic rings. The second kappa shape index (κ2) is 12.5. The number of carbonyl (C=O) groups excluding carboxylic acids is 1. The van der Waals surface area contributed by atoms with Crippen LogP contribution in [-0.4, -0.2) is 27.3 Å². The molecular weight excluding hydrogens is 472 g/mol. The minimum atomic E-state index is -0.254. The summed E-state index contributed by atoms with van der Waals surface area (Å²) in [6.45, 7) is 15.6. The number of allylic oxidation sites excluding steroid dienone is 2. The molecule has 0 saturated heterocycles. The minimum absolute atomic E-state index is 0.0739. The Morgan fingerprint density at radius 2 is 2.08 bits per heavy atom. The van der Waals surface area contributed by atoms with Crippen LogP contribution in [0.15, 0.2) is 85.9 Å². The van der Waals surface area contributed by atoms with Gasteiger partial charge in [-0.05, 0) is 67.0 Å². The zero-order valence-electron chi connectivity index (χ0n) is 22.8. The van der Waals surface area contributed by atoms with Crippen molar-refractivity contribution in [3.63, 3.8) is 0 Å². The Morgan fingerprint density at radius 1 is 1.24 bits per heavy atom. The van der Waals surface area contributed by atoms with Gasteiger partial charge in [0.25, 0.3) is 0 Å². The summed E-state index contributed by atoms with van der Waals surface area (Å²) in [6, 6.07) is 10.1. The van der Waals surface area contributed by atoms with Crippen LogP contribution in [0.2, 0.25) is 0 Å². The lowest BCUT2D eigenvalue weighted by molar-refractivity contribution is -0.120. The van der Waals surface area contributed by atoms with Gasteiger partial charge in [0.2, 0.25) is 5.91 Å². The molecule has 1 amide bonds. The predicted molar refractivity (Wildman–Crippen MR) is 154 cm³/mol. The van der Waals surface area contributed by atoms with Gasteiger partial charge in [-0.15, -0.1) is 0 Å². The number of amides is 1. The fourth-order valence-corrected chi connectivity index (χ4v) is 4.92. The first-order valence-electron chi connectivity index (χ1n) is 13.4. The molecule has 1 aliphatic rings. The molecule has 0 fully saturated rings. The van der Waals surface area contributed by atoms with E-state index in [1.165, 1.54) is 0 Å². The molecule has 2 heterocycles. The van der Waals surface area contributed by atoms with E-state index < -0.39 is 0 Å². The topological polar surface area (TPSA) is 60.2 Å². The Balaban J connectivity index is 1.66. The second-order valence-corrected chi connectivity index (χ2v) is 9.96. The highest BCUT2D eigenvalue weighted by Crippen LogP contribution is 2.39. The summed E-state index contributed by atoms with van der Waals surface area (Å²) in [5, 5.41) is 4.42. The third kappa shape index (κ3) is 6.13. The van der Waals surface area contributed by atoms with Gasteiger partial charge in [0.05, 0.1) is 30.5 Å². The van der Waals surface area contributed by atoms with Crippen LogP contribution in [0.1, 0.15) is 67.8 Å². The van der Waals surface area contributed by atoms with Crippen LogP contribution in [0.5, 0.6) is 5.75 Å². The van der Waals surface area contributed by atoms with E-state index in [9.17, 15) is 4.79 Å². The first kappa shape index (κ1) is 27.1. The van der Waals surface area contributed by atoms with E-state index in [-0.39, 0.29) is 11.8 Å². The Bertz CT molecular complexity index is 1300. The largest absolute Gasteiger partial charge is 0.489 e. The van der Waals surface area contributed by atoms with Gasteiger partial charge in [-0.25, -0.2) is 0 Å². The molecule has 38 heavy (non-hydrogen) atoms. The third-order valence-electron chi connectivity index (χ3n) is 7.04. The molecule has 2 aromatic heterocycles. The van der Waals surface area contributed by atoms with Crippen LogP contribution in [0.3, 0.4) is 0 Å². The average molecular weight is 511 g/mol. The lowest BCUT2D eigenvalue weighted by atomic mass is 9.81. The second-order valence-electron chi connectivity index (χ2n) is 9.96. The molecule has 0 aliphatic heterocycles. The van der Waals surface area contributed by atoms with Crippen molar-refractivity contribution in [1.82, 2.24) is 14.8 Å². The number of anilines is 1. The number of fused-ring (bicyclic) bond motifs is 1. The number of rotatable bonds is 11. The first-order chi connectivity index (χ1) is 18.4. The average Bonchev–Trinajstić information content (AvgIpc) is 3.41. The molecule has 0 unspecified atom stereocenters. The van der Waals surface area contributed by atoms with E-state index in [1.54, 1.807) is 12.2 Å². The quantitative estimate of drug-likeness (QED) is 0.268. The standard InChI is InChI=1S/C32H38N4O2/c1-6-11-24(7-2)22-38-31-15-10-12-27-28(31)13-9-14-29(27)32(37)36(21-25-18-34-35(8-3)20-25)26-16-17-30(23(4)5)33-19-26/h6-7,10-12,15-20,23,29H,1-2,8-9,13-14,21-22H2,3-5H3/b24-11+/t29-/m0/s1. The lowest BCUT2D eigenvalue weighted by Gasteiger charge is -2.31. The van der Waals surface area contributed by atoms with Crippen molar-refractivity contribution < 1.29 is 9.53 Å². The summed E-state index contributed by atoms with van der Waals surface area (Å²) in [6.07, 6.45) is 13.7. The van der Waals surface area contributed by atoms with Crippen molar-refractivity contribution in [3.05, 3.63) is 108 Å². The van der Waals surface area contributed by atoms with Gasteiger partial charge in [0.15, 0.2) is 0 Å². The van der Waals surface area contributed by atoms with E-state index in [0.717, 1.165) is 65.2 Å². The molecule has 4 rings (SSSR count). The van der Waals surface area contributed by atoms with Crippen molar-refractivity contribution in [3.8, 4) is 5.75 Å². The highest BCUT2D eigenvalue weighted by Gasteiger charge is 2.32. The van der Waals surface area contributed by atoms with Crippen LogP contribution >= 0.6 is 0 Å². The van der Waals surface area contributed by atoms with Crippen molar-refractivity contribution in [1.29, 1.82) is 0 Å². The summed E-state index contributed by atoms with van der Waals surface area (Å²) in [5.41, 5.74) is 5.92. The van der Waals surface area contributed by atoms with Crippen LogP contribution in [0, 0.1) is 0 Å². The Hall–Kier alpha value is -3.93. The van der Waals surface area contributed by atoms with Gasteiger partial charge in [-0.2, -0.15) is 5.10 Å². The number of nitrogens with zero attached hydrogens (tertiary/aromatic N) is 4. The molecule has 1 aromatic carbocycles. The first-order valence-corrected chi connectivity index (χ1v) is 13.4. The number of hydrogen-bond acceptors (Lipinski definition) is 4. The maximum atomic E-state index is 14.3. The molecule has 0 N–H and O–H groups in total. The molecule has 0 saturated carbocycles. The molecule has 6 heteroatoms. The molecule has 6 nitrogen and oxygen atoms in total. The van der Waals surface area contributed by atoms with Gasteiger partial charge in [0.1, 0.15) is 12.4 Å². The number of carbonyl (C=O) groups is 1. The monoisotopic (exact) mass is 510 g/mol. The highest BCUT2D eigenvalue weighted by molar-refractivity contribution is 5.98. The molecule has 0 radical (unpaired) electrons. The number of aromatic nitrogens is 3. The number of pyridine rings is 1. The third-order valence-corrected chi connectivity index (χ3v) is 7.04. The van der Waals surface area contributed by atoms with Gasteiger partial charge in [0, 0.05) is 24.0 Å². The van der Waals surface area contributed by atoms with Gasteiger partial charge in [-0.3, -0.25) is 14.5 Å². The van der Waals surface area contributed by atoms with Crippen molar-refractivity contribution in [2.24, 2.45) is 0 Å². The Labute approximate surface area is 226 Å². The molecule has 0 bridgehead atoms. The van der Waals surface area contributed by atoms with Crippen LogP contribution < -0.4 is 9.64 Å². The van der Waals surface area contributed by atoms with E-state index in [0.29, 0.717) is 19.1 Å². The zero-order chi connectivity index (χ0) is 27.1. The Morgan fingerprint density at radius 3 is 2.74 bits per heavy atom. The molecule has 1 atom stereocenters. The lowest BCUT2D eigenvalue weighted by Crippen LogP contribution is -2.36. The van der Waals surface area contributed by atoms with Crippen LogP contribution in [0.25, 0.3) is 0 Å². The number of aryl methyl sites for hydroxylation is 1. The molecule has 0 spiro atoms. The molecular formula is C32H38N4O2. The number of benzene rings is 1. The van der Waals surface area contributed by atoms with E-state index in [1.807, 2.05) is 58.5 Å². The maximum Gasteiger partial charge on any atom is 0.234 e. The molecule has 198 valence electrons. The summed E-state index contributed by atoms with van der Waals surface area (Å²) in [5.74, 6) is 0.971. The summed E-state index contributed by atoms with van der Waals surface area (Å²) in [7, 11) is 0. The predicted octanol–water partition coefficient (Wildman–Crippen LogP) is 6.75.